The van der Waals surface area contributed by atoms with Crippen molar-refractivity contribution in [1.29, 1.82) is 0 Å². The molecule has 0 saturated heterocycles. The summed E-state index contributed by atoms with van der Waals surface area (Å²) in [5, 5.41) is 6.52. The van der Waals surface area contributed by atoms with Crippen LogP contribution >= 0.6 is 11.3 Å². The van der Waals surface area contributed by atoms with Crippen molar-refractivity contribution in [2.45, 2.75) is 13.5 Å². The maximum Gasteiger partial charge on any atom is 0.276 e. The van der Waals surface area contributed by atoms with Crippen molar-refractivity contribution < 1.29 is 9.15 Å². The molecule has 30 heavy (non-hydrogen) atoms. The summed E-state index contributed by atoms with van der Waals surface area (Å²) in [6.07, 6.45) is 3.48. The first-order valence-corrected chi connectivity index (χ1v) is 10.2. The number of aryl methyl sites for hydroxylation is 1. The van der Waals surface area contributed by atoms with Crippen molar-refractivity contribution in [3.63, 3.8) is 0 Å². The van der Waals surface area contributed by atoms with Crippen LogP contribution in [0, 0.1) is 6.92 Å². The molecule has 0 bridgehead atoms. The van der Waals surface area contributed by atoms with Gasteiger partial charge in [-0.05, 0) is 36.6 Å². The largest absolute Gasteiger partial charge is 0.496 e. The summed E-state index contributed by atoms with van der Waals surface area (Å²) in [4.78, 5) is 18.6. The summed E-state index contributed by atoms with van der Waals surface area (Å²) in [5.41, 5.74) is 2.58. The number of hydrogen-bond acceptors (Lipinski definition) is 6. The lowest BCUT2D eigenvalue weighted by molar-refractivity contribution is 0.416. The molecule has 5 aromatic rings. The highest BCUT2D eigenvalue weighted by molar-refractivity contribution is 7.13. The minimum atomic E-state index is -0.147. The summed E-state index contributed by atoms with van der Waals surface area (Å²) in [7, 11) is 1.62. The number of fused-ring (bicyclic) bond motifs is 1. The van der Waals surface area contributed by atoms with Crippen LogP contribution in [0.4, 0.5) is 0 Å². The standard InChI is InChI=1S/C22H18N4O3S/c1-14-17(23-21(29-14)20-8-5-11-30-20)13-25-9-10-26-18(22(25)27)12-16(24-26)15-6-3-4-7-19(15)28-2/h3-12H,13H2,1-2H3. The number of rotatable bonds is 5. The van der Waals surface area contributed by atoms with Gasteiger partial charge in [-0.2, -0.15) is 5.10 Å². The zero-order valence-corrected chi connectivity index (χ0v) is 17.2. The molecule has 8 heteroatoms. The van der Waals surface area contributed by atoms with Crippen molar-refractivity contribution in [2.75, 3.05) is 7.11 Å². The molecule has 0 aliphatic heterocycles. The van der Waals surface area contributed by atoms with Crippen molar-refractivity contribution in [3.05, 3.63) is 82.0 Å². The van der Waals surface area contributed by atoms with Gasteiger partial charge in [-0.1, -0.05) is 18.2 Å². The fraction of sp³-hybridized carbons (Fsp3) is 0.136. The average molecular weight is 418 g/mol. The lowest BCUT2D eigenvalue weighted by Crippen LogP contribution is -2.22. The van der Waals surface area contributed by atoms with E-state index in [9.17, 15) is 4.79 Å². The predicted molar refractivity (Wildman–Crippen MR) is 115 cm³/mol. The first kappa shape index (κ1) is 18.4. The lowest BCUT2D eigenvalue weighted by atomic mass is 10.1. The van der Waals surface area contributed by atoms with Gasteiger partial charge in [0.2, 0.25) is 5.89 Å². The Bertz CT molecular complexity index is 1400. The maximum absolute atomic E-state index is 13.1. The SMILES string of the molecule is COc1ccccc1-c1cc2c(=O)n(Cc3nc(-c4cccs4)oc3C)ccn2n1. The van der Waals surface area contributed by atoms with Crippen LogP contribution in [-0.4, -0.2) is 26.3 Å². The van der Waals surface area contributed by atoms with Crippen LogP contribution in [0.1, 0.15) is 11.5 Å². The first-order valence-electron chi connectivity index (χ1n) is 9.36. The lowest BCUT2D eigenvalue weighted by Gasteiger charge is -2.04. The van der Waals surface area contributed by atoms with E-state index in [2.05, 4.69) is 10.1 Å². The molecule has 150 valence electrons. The molecule has 0 fully saturated rings. The highest BCUT2D eigenvalue weighted by Gasteiger charge is 2.16. The zero-order chi connectivity index (χ0) is 20.7. The molecule has 4 aromatic heterocycles. The summed E-state index contributed by atoms with van der Waals surface area (Å²) in [6, 6.07) is 13.3. The van der Waals surface area contributed by atoms with Gasteiger partial charge in [0.05, 0.1) is 24.2 Å². The first-order chi connectivity index (χ1) is 14.6. The molecule has 7 nitrogen and oxygen atoms in total. The van der Waals surface area contributed by atoms with Gasteiger partial charge in [0.15, 0.2) is 0 Å². The Morgan fingerprint density at radius 3 is 2.83 bits per heavy atom. The Labute approximate surface area is 175 Å². The predicted octanol–water partition coefficient (Wildman–Crippen LogP) is 4.24. The van der Waals surface area contributed by atoms with Gasteiger partial charge in [-0.15, -0.1) is 11.3 Å². The number of benzene rings is 1. The van der Waals surface area contributed by atoms with Crippen molar-refractivity contribution in [3.8, 4) is 27.8 Å². The number of nitrogens with zero attached hydrogens (tertiary/aromatic N) is 4. The molecule has 0 unspecified atom stereocenters. The van der Waals surface area contributed by atoms with Crippen LogP contribution < -0.4 is 10.3 Å². The molecule has 0 aliphatic rings. The summed E-state index contributed by atoms with van der Waals surface area (Å²) in [5.74, 6) is 1.99. The van der Waals surface area contributed by atoms with Crippen LogP contribution in [0.25, 0.3) is 27.5 Å². The Kier molecular flexibility index (Phi) is 4.48. The summed E-state index contributed by atoms with van der Waals surface area (Å²) < 4.78 is 14.4. The monoisotopic (exact) mass is 418 g/mol. The highest BCUT2D eigenvalue weighted by atomic mass is 32.1. The quantitative estimate of drug-likeness (QED) is 0.427. The van der Waals surface area contributed by atoms with Gasteiger partial charge < -0.3 is 13.7 Å². The smallest absolute Gasteiger partial charge is 0.276 e. The third-order valence-corrected chi connectivity index (χ3v) is 5.79. The van der Waals surface area contributed by atoms with Crippen molar-refractivity contribution >= 4 is 16.9 Å². The second kappa shape index (κ2) is 7.31. The molecule has 0 amide bonds. The Morgan fingerprint density at radius 2 is 2.03 bits per heavy atom. The molecule has 0 N–H and O–H groups in total. The third-order valence-electron chi connectivity index (χ3n) is 4.93. The molecule has 0 spiro atoms. The second-order valence-electron chi connectivity index (χ2n) is 6.79. The molecule has 0 aliphatic carbocycles. The van der Waals surface area contributed by atoms with Gasteiger partial charge in [0.25, 0.3) is 5.56 Å². The van der Waals surface area contributed by atoms with Crippen LogP contribution in [0.3, 0.4) is 0 Å². The van der Waals surface area contributed by atoms with E-state index in [1.54, 1.807) is 46.0 Å². The van der Waals surface area contributed by atoms with Crippen molar-refractivity contribution in [2.24, 2.45) is 0 Å². The van der Waals surface area contributed by atoms with E-state index >= 15 is 0 Å². The van der Waals surface area contributed by atoms with Crippen LogP contribution in [0.15, 0.2) is 69.5 Å². The molecule has 1 aromatic carbocycles. The molecule has 4 heterocycles. The number of ether oxygens (including phenoxy) is 1. The van der Waals surface area contributed by atoms with E-state index in [1.807, 2.05) is 48.7 Å². The number of thiophene rings is 1. The summed E-state index contributed by atoms with van der Waals surface area (Å²) in [6.45, 7) is 2.19. The van der Waals surface area contributed by atoms with E-state index < -0.39 is 0 Å². The minimum Gasteiger partial charge on any atom is -0.496 e. The number of methoxy groups -OCH3 is 1. The van der Waals surface area contributed by atoms with Crippen LogP contribution in [-0.2, 0) is 6.54 Å². The van der Waals surface area contributed by atoms with Gasteiger partial charge >= 0.3 is 0 Å². The van der Waals surface area contributed by atoms with E-state index in [4.69, 9.17) is 9.15 Å². The second-order valence-corrected chi connectivity index (χ2v) is 7.74. The van der Waals surface area contributed by atoms with Crippen LogP contribution in [0.2, 0.25) is 0 Å². The number of oxazole rings is 1. The topological polar surface area (TPSA) is 74.6 Å². The number of aromatic nitrogens is 4. The Balaban J connectivity index is 1.52. The fourth-order valence-electron chi connectivity index (χ4n) is 3.38. The maximum atomic E-state index is 13.1. The number of hydrogen-bond donors (Lipinski definition) is 0. The number of para-hydroxylation sites is 1. The summed E-state index contributed by atoms with van der Waals surface area (Å²) >= 11 is 1.57. The average Bonchev–Trinajstić information content (AvgIpc) is 3.50. The van der Waals surface area contributed by atoms with Gasteiger partial charge in [0.1, 0.15) is 22.7 Å². The molecule has 0 radical (unpaired) electrons. The van der Waals surface area contributed by atoms with Crippen LogP contribution in [0.5, 0.6) is 5.75 Å². The molecular weight excluding hydrogens is 400 g/mol. The van der Waals surface area contributed by atoms with Gasteiger partial charge in [-0.25, -0.2) is 9.50 Å². The van der Waals surface area contributed by atoms with Crippen molar-refractivity contribution in [1.82, 2.24) is 19.2 Å². The highest BCUT2D eigenvalue weighted by Crippen LogP contribution is 2.29. The van der Waals surface area contributed by atoms with Gasteiger partial charge in [0, 0.05) is 18.0 Å². The molecule has 5 rings (SSSR count). The van der Waals surface area contributed by atoms with E-state index in [-0.39, 0.29) is 5.56 Å². The van der Waals surface area contributed by atoms with E-state index in [0.29, 0.717) is 35.2 Å². The normalized spacial score (nSPS) is 11.3. The molecule has 0 saturated carbocycles. The fourth-order valence-corrected chi connectivity index (χ4v) is 4.03. The third kappa shape index (κ3) is 3.11. The van der Waals surface area contributed by atoms with Gasteiger partial charge in [-0.3, -0.25) is 4.79 Å². The minimum absolute atomic E-state index is 0.147. The zero-order valence-electron chi connectivity index (χ0n) is 16.4. The van der Waals surface area contributed by atoms with E-state index in [1.165, 1.54) is 0 Å². The molecule has 0 atom stereocenters. The van der Waals surface area contributed by atoms with E-state index in [0.717, 1.165) is 16.1 Å². The molecular formula is C22H18N4O3S. The Hall–Kier alpha value is -3.65. The Morgan fingerprint density at radius 1 is 1.17 bits per heavy atom.